The van der Waals surface area contributed by atoms with Gasteiger partial charge in [-0.05, 0) is 296 Å². The third-order valence-corrected chi connectivity index (χ3v) is 26.5. The summed E-state index contributed by atoms with van der Waals surface area (Å²) in [5.74, 6) is 17.9. The van der Waals surface area contributed by atoms with Gasteiger partial charge in [-0.1, -0.05) is 226 Å². The van der Waals surface area contributed by atoms with E-state index in [9.17, 15) is 19.5 Å². The van der Waals surface area contributed by atoms with Gasteiger partial charge in [0.2, 0.25) is 0 Å². The van der Waals surface area contributed by atoms with E-state index in [-0.39, 0.29) is 54.5 Å². The number of likely N-dealkylation sites (tertiary alicyclic amines) is 3. The van der Waals surface area contributed by atoms with E-state index < -0.39 is 0 Å². The first kappa shape index (κ1) is 108. The number of nitrogens with zero attached hydrogens (tertiary/aromatic N) is 3. The van der Waals surface area contributed by atoms with Crippen molar-refractivity contribution in [2.45, 2.75) is 358 Å². The fourth-order valence-corrected chi connectivity index (χ4v) is 17.2. The molecule has 13 nitrogen and oxygen atoms in total. The van der Waals surface area contributed by atoms with Crippen LogP contribution in [-0.2, 0) is 46.3 Å². The minimum absolute atomic E-state index is 0.00926. The molecule has 6 saturated carbocycles. The molecule has 5 atom stereocenters. The molecular weight excluding hydrogens is 1440 g/mol. The topological polar surface area (TPSA) is 159 Å². The lowest BCUT2D eigenvalue weighted by Gasteiger charge is -2.41. The summed E-state index contributed by atoms with van der Waals surface area (Å²) in [7, 11) is 3.90. The predicted molar refractivity (Wildman–Crippen MR) is 491 cm³/mol. The summed E-state index contributed by atoms with van der Waals surface area (Å²) in [6.07, 6.45) is 30.8. The molecule has 0 amide bonds. The van der Waals surface area contributed by atoms with Gasteiger partial charge in [0.15, 0.2) is 0 Å². The van der Waals surface area contributed by atoms with Gasteiger partial charge in [-0.25, -0.2) is 0 Å². The molecule has 0 radical (unpaired) electrons. The van der Waals surface area contributed by atoms with Crippen LogP contribution in [0.15, 0.2) is 84.7 Å². The van der Waals surface area contributed by atoms with Crippen LogP contribution in [0.5, 0.6) is 0 Å². The van der Waals surface area contributed by atoms with Crippen molar-refractivity contribution >= 4 is 17.9 Å². The van der Waals surface area contributed by atoms with Crippen molar-refractivity contribution in [2.24, 2.45) is 124 Å². The van der Waals surface area contributed by atoms with Gasteiger partial charge in [-0.15, -0.1) is 0 Å². The van der Waals surface area contributed by atoms with Crippen molar-refractivity contribution in [3.8, 4) is 0 Å². The first-order valence-electron chi connectivity index (χ1n) is 47.3. The number of hydrogen-bond donors (Lipinski definition) is 3. The molecule has 0 aromatic heterocycles. The summed E-state index contributed by atoms with van der Waals surface area (Å²) >= 11 is 0. The molecule has 672 valence electrons. The quantitative estimate of drug-likeness (QED) is 0.0850. The van der Waals surface area contributed by atoms with E-state index in [0.717, 1.165) is 220 Å². The van der Waals surface area contributed by atoms with Gasteiger partial charge >= 0.3 is 17.9 Å². The number of methoxy groups -OCH3 is 1. The maximum atomic E-state index is 10.7. The molecule has 9 fully saturated rings. The normalized spacial score (nSPS) is 26.4. The third kappa shape index (κ3) is 48.5. The molecule has 13 heteroatoms. The lowest BCUT2D eigenvalue weighted by atomic mass is 9.75. The first-order valence-corrected chi connectivity index (χ1v) is 47.3. The summed E-state index contributed by atoms with van der Waals surface area (Å²) in [6.45, 7) is 66.8. The Morgan fingerprint density at radius 3 is 1.08 bits per heavy atom. The molecular formula is C103H185N3O10. The van der Waals surface area contributed by atoms with Crippen LogP contribution in [0.4, 0.5) is 0 Å². The largest absolute Gasteiger partial charge is 0.497 e. The van der Waals surface area contributed by atoms with E-state index >= 15 is 0 Å². The molecule has 0 bridgehead atoms. The van der Waals surface area contributed by atoms with Gasteiger partial charge in [-0.3, -0.25) is 19.3 Å². The number of benzene rings is 2. The molecule has 0 spiro atoms. The molecule has 3 saturated heterocycles. The Balaban J connectivity index is 0.000000434. The summed E-state index contributed by atoms with van der Waals surface area (Å²) < 4.78 is 20.5. The zero-order valence-electron chi connectivity index (χ0n) is 80.1. The maximum Gasteiger partial charge on any atom is 0.302 e. The number of aliphatic hydroxyl groups is 3. The van der Waals surface area contributed by atoms with E-state index in [2.05, 4.69) is 260 Å². The van der Waals surface area contributed by atoms with E-state index in [4.69, 9.17) is 29.2 Å². The van der Waals surface area contributed by atoms with E-state index in [1.165, 1.54) is 129 Å². The number of esters is 3. The number of rotatable bonds is 20. The van der Waals surface area contributed by atoms with Gasteiger partial charge in [-0.2, -0.15) is 0 Å². The van der Waals surface area contributed by atoms with E-state index in [1.807, 2.05) is 0 Å². The van der Waals surface area contributed by atoms with E-state index in [1.54, 1.807) is 7.11 Å². The Morgan fingerprint density at radius 1 is 0.388 bits per heavy atom. The summed E-state index contributed by atoms with van der Waals surface area (Å²) in [5.41, 5.74) is 2.88. The summed E-state index contributed by atoms with van der Waals surface area (Å²) in [4.78, 5) is 39.2. The van der Waals surface area contributed by atoms with Gasteiger partial charge in [0.05, 0.1) is 25.4 Å². The Bertz CT molecular complexity index is 2800. The van der Waals surface area contributed by atoms with Gasteiger partial charge in [0, 0.05) is 66.6 Å². The average molecular weight is 1630 g/mol. The fraction of sp³-hybridized carbons (Fsp3) is 0.816. The SMILES string of the molecule is CC(=O)OC1CC(C(C)C)C1.CC(=O)OC1CCC(C(C)C)C1.CC(=O)OC1CCC(C(C)C)CC1.CC(C)C1CC(O)C1.CC(C)C1CCC(O)C1.CC(C)C1CCC(O)CC1.CC(C)C1CN(C)C1.CC(C)C1CN(Cc2ccccc2)C1.CC(C)Cc1ccccc1.CCN1CC(C(C)C)C1.COC1=CCC(CC(C)C)C=C1. The molecule has 2 aromatic rings. The number of carbonyl (C=O) groups excluding carboxylic acids is 3. The molecule has 3 aliphatic heterocycles. The lowest BCUT2D eigenvalue weighted by Crippen LogP contribution is -2.48. The van der Waals surface area contributed by atoms with Crippen LogP contribution in [0.3, 0.4) is 0 Å². The number of ether oxygens (including phenoxy) is 4. The molecule has 5 unspecified atom stereocenters. The monoisotopic (exact) mass is 1620 g/mol. The summed E-state index contributed by atoms with van der Waals surface area (Å²) in [6, 6.07) is 21.4. The zero-order valence-corrected chi connectivity index (χ0v) is 80.1. The van der Waals surface area contributed by atoms with Crippen molar-refractivity contribution in [1.82, 2.24) is 14.7 Å². The molecule has 116 heavy (non-hydrogen) atoms. The average Bonchev–Trinajstić information content (AvgIpc) is 0.906. The first-order chi connectivity index (χ1) is 54.6. The Hall–Kier alpha value is -4.11. The smallest absolute Gasteiger partial charge is 0.302 e. The minimum atomic E-state index is -0.141. The lowest BCUT2D eigenvalue weighted by molar-refractivity contribution is -0.154. The maximum absolute atomic E-state index is 10.7. The van der Waals surface area contributed by atoms with Gasteiger partial charge in [0.1, 0.15) is 24.1 Å². The second-order valence-corrected chi connectivity index (χ2v) is 40.7. The fourth-order valence-electron chi connectivity index (χ4n) is 17.2. The van der Waals surface area contributed by atoms with Crippen molar-refractivity contribution < 1.29 is 48.7 Å². The number of hydrogen-bond acceptors (Lipinski definition) is 13. The Morgan fingerprint density at radius 2 is 0.741 bits per heavy atom. The van der Waals surface area contributed by atoms with Crippen LogP contribution < -0.4 is 0 Å². The molecule has 3 N–H and O–H groups in total. The third-order valence-electron chi connectivity index (χ3n) is 26.5. The predicted octanol–water partition coefficient (Wildman–Crippen LogP) is 24.1. The molecule has 7 aliphatic carbocycles. The highest BCUT2D eigenvalue weighted by atomic mass is 16.6. The number of carbonyl (C=O) groups is 3. The summed E-state index contributed by atoms with van der Waals surface area (Å²) in [5, 5.41) is 27.2. The van der Waals surface area contributed by atoms with Crippen molar-refractivity contribution in [3.63, 3.8) is 0 Å². The van der Waals surface area contributed by atoms with Crippen LogP contribution >= 0.6 is 0 Å². The zero-order chi connectivity index (χ0) is 87.3. The second-order valence-electron chi connectivity index (χ2n) is 40.7. The Kier molecular flexibility index (Phi) is 55.5. The highest BCUT2D eigenvalue weighted by Crippen LogP contribution is 2.38. The van der Waals surface area contributed by atoms with Crippen molar-refractivity contribution in [1.29, 1.82) is 0 Å². The van der Waals surface area contributed by atoms with Crippen molar-refractivity contribution in [3.05, 3.63) is 95.8 Å². The number of allylic oxidation sites excluding steroid dienone is 3. The molecule has 10 aliphatic rings. The van der Waals surface area contributed by atoms with Crippen LogP contribution in [0.1, 0.15) is 320 Å². The van der Waals surface area contributed by atoms with Crippen LogP contribution in [0, 0.1) is 124 Å². The standard InChI is InChI=1S/C13H19N.C11H20O2.C11H18O.C10H18O2.C10H14.C9H16O2.C9H18O.C8H17N.C8H16O.C7H15N.C7H14O/c1-11(2)13-9-14(10-13)8-12-6-4-3-5-7-12;1-8(2)10-4-6-11(7-5-10)13-9(3)12;1-9(2)8-10-4-6-11(12-3)7-5-10;1-7(2)9-4-5-10(6-9)12-8(3)11;1-9(2)8-10-6-4-3-5-7-10;1-6(2)8-4-9(5-8)11-7(3)10;1-7(2)8-3-5-9(10)6-4-8;1-4-9-5-8(6-9)7(2)3;1-6(2)7-3-4-8(9)5-7;1-6(2)7-4-8(3)5-7;1-5(2)6-3-7(8)4-6/h3-7,11,13H,8-10H2,1-2H3;8,10-11H,4-7H2,1-3H3;4,6-7,9-10H,5,8H2,1-3H3;7,9-10H,4-6H2,1-3H3;3-7,9H,8H2,1-2H3;6,8-9H,4-5H2,1-3H3;7-10H,3-6H2,1-2H3;7-8H,4-6H2,1-3H3;6-9H,3-5H2,1-2H3;6-7H,4-5H2,1-3H3;5-8H,3-4H2,1-2H3. The molecule has 3 heterocycles. The van der Waals surface area contributed by atoms with Crippen LogP contribution in [0.25, 0.3) is 0 Å². The van der Waals surface area contributed by atoms with Gasteiger partial charge < -0.3 is 44.1 Å². The van der Waals surface area contributed by atoms with Crippen LogP contribution in [-0.4, -0.2) is 145 Å². The van der Waals surface area contributed by atoms with Gasteiger partial charge in [0.25, 0.3) is 0 Å². The van der Waals surface area contributed by atoms with E-state index in [0.29, 0.717) is 0 Å². The highest BCUT2D eigenvalue weighted by molar-refractivity contribution is 5.66. The minimum Gasteiger partial charge on any atom is -0.497 e. The molecule has 12 rings (SSSR count). The molecule has 2 aromatic carbocycles. The second kappa shape index (κ2) is 59.6. The Labute approximate surface area is 715 Å². The highest BCUT2D eigenvalue weighted by Gasteiger charge is 2.35. The van der Waals surface area contributed by atoms with Crippen molar-refractivity contribution in [2.75, 3.05) is 60.0 Å². The van der Waals surface area contributed by atoms with Crippen LogP contribution in [0.2, 0.25) is 0 Å². The number of aliphatic hydroxyl groups excluding tert-OH is 3.